The van der Waals surface area contributed by atoms with Crippen molar-refractivity contribution in [2.45, 2.75) is 77.7 Å². The summed E-state index contributed by atoms with van der Waals surface area (Å²) in [5, 5.41) is 11.4. The number of benzene rings is 8. The van der Waals surface area contributed by atoms with Gasteiger partial charge in [-0.2, -0.15) is 0 Å². The van der Waals surface area contributed by atoms with E-state index >= 15 is 0 Å². The zero-order valence-electron chi connectivity index (χ0n) is 73.4. The van der Waals surface area contributed by atoms with Gasteiger partial charge in [-0.05, 0) is 224 Å². The van der Waals surface area contributed by atoms with Crippen molar-refractivity contribution in [1.29, 1.82) is 0 Å². The van der Waals surface area contributed by atoms with Crippen molar-refractivity contribution in [2.75, 3.05) is 74.1 Å². The minimum Gasteiger partial charge on any atom is -0.457 e. The first-order valence-electron chi connectivity index (χ1n) is 44.3. The number of rotatable bonds is 24. The average molecular weight is 1780 g/mol. The van der Waals surface area contributed by atoms with E-state index in [4.69, 9.17) is 17.7 Å². The molecule has 23 nitrogen and oxygen atoms in total. The number of hydrogen-bond donors (Lipinski definition) is 4. The minimum absolute atomic E-state index is 0.0661. The van der Waals surface area contributed by atoms with Gasteiger partial charge in [0.2, 0.25) is 0 Å². The molecule has 670 valence electrons. The SMILES string of the molecule is CN1CCCN(C(=O)c2ccc(-c3ccc(/C=C4/C(=O)Nc5ccccc54)o3)cc2F)CC1.Cc1cc(-c2cccc(C(=O)CCc3cncn3C)c2)oc1/C=C1/C(=O)Nc2ccccc21.O=C1Nc2ccccc2/C1=C\c1ccc(-c2ccc(C(=O)CCCCn3ccnc3)c(F)c2)o1.O=C1Nc2ccccc2/C1=C\c1ccc(-c2ccc(C(=O)CCCN3CCCC3)c(F)c2)o1. The lowest BCUT2D eigenvalue weighted by atomic mass is 10.0. The normalized spacial score (nSPS) is 15.5. The van der Waals surface area contributed by atoms with E-state index in [1.807, 2.05) is 164 Å². The molecular weight excluding hydrogens is 1690 g/mol. The number of furan rings is 4. The van der Waals surface area contributed by atoms with Gasteiger partial charge in [-0.1, -0.05) is 109 Å². The highest BCUT2D eigenvalue weighted by atomic mass is 19.1. The zero-order valence-corrected chi connectivity index (χ0v) is 73.4. The van der Waals surface area contributed by atoms with E-state index in [1.165, 1.54) is 49.2 Å². The smallest absolute Gasteiger partial charge is 0.256 e. The van der Waals surface area contributed by atoms with Gasteiger partial charge in [0, 0.05) is 150 Å². The monoisotopic (exact) mass is 1780 g/mol. The summed E-state index contributed by atoms with van der Waals surface area (Å²) in [6, 6.07) is 63.3. The van der Waals surface area contributed by atoms with Gasteiger partial charge in [0.05, 0.1) is 51.6 Å². The van der Waals surface area contributed by atoms with Crippen molar-refractivity contribution in [3.63, 3.8) is 0 Å². The number of likely N-dealkylation sites (tertiary alicyclic amines) is 1. The van der Waals surface area contributed by atoms with Crippen LogP contribution in [0.5, 0.6) is 0 Å². The Morgan fingerprint density at radius 2 is 0.887 bits per heavy atom. The van der Waals surface area contributed by atoms with Gasteiger partial charge in [-0.25, -0.2) is 23.1 Å². The first-order valence-corrected chi connectivity index (χ1v) is 44.3. The van der Waals surface area contributed by atoms with Gasteiger partial charge < -0.3 is 62.8 Å². The molecule has 26 heteroatoms. The number of unbranched alkanes of at least 4 members (excludes halogenated alkanes) is 1. The fraction of sp³-hybridized carbons (Fsp3) is 0.196. The number of hydrogen-bond acceptors (Lipinski definition) is 16. The topological polar surface area (TPSA) is 283 Å². The van der Waals surface area contributed by atoms with Crippen molar-refractivity contribution >= 4 is 116 Å². The van der Waals surface area contributed by atoms with Crippen molar-refractivity contribution in [2.24, 2.45) is 7.05 Å². The summed E-state index contributed by atoms with van der Waals surface area (Å²) in [7, 11) is 3.95. The largest absolute Gasteiger partial charge is 0.457 e. The quantitative estimate of drug-likeness (QED) is 0.0248. The van der Waals surface area contributed by atoms with E-state index < -0.39 is 17.5 Å². The second-order valence-corrected chi connectivity index (χ2v) is 33.3. The summed E-state index contributed by atoms with van der Waals surface area (Å²) in [6.07, 6.45) is 22.9. The van der Waals surface area contributed by atoms with Crippen LogP contribution in [0.15, 0.2) is 267 Å². The van der Waals surface area contributed by atoms with E-state index in [9.17, 15) is 51.5 Å². The van der Waals surface area contributed by atoms with Crippen molar-refractivity contribution in [1.82, 2.24) is 33.8 Å². The number of para-hydroxylation sites is 4. The van der Waals surface area contributed by atoms with E-state index in [0.717, 1.165) is 120 Å². The molecule has 133 heavy (non-hydrogen) atoms. The molecule has 4 N–H and O–H groups in total. The Hall–Kier alpha value is -15.7. The van der Waals surface area contributed by atoms with E-state index in [2.05, 4.69) is 41.0 Å². The number of likely N-dealkylation sites (N-methyl/N-ethyl adjacent to an activating group) is 1. The standard InChI is InChI=1S/C27H22FN3O3.C27H25FN2O3.C27H23N3O3.C26H24FN3O3/c28-23-15-18(8-10-21(23)25(32)7-3-4-13-31-14-12-29-17-31)26-11-9-19(34-26)16-22-20-5-1-2-6-24(20)30-27(22)33;28-23-16-18(9-11-21(23)25(31)8-5-15-30-13-3-4-14-30)26-12-10-19(33-26)17-22-20-6-1-2-7-24(20)29-27(22)32;1-17-12-26(33-25(17)14-22-21-8-3-4-9-23(21)29-27(22)32)19-7-5-6-18(13-19)24(31)11-10-20-15-28-16-30(20)2;1-29-11-4-12-30(14-13-29)26(32)20-9-7-17(15-22(20)27)24-10-8-18(33-24)16-21-19-5-2-3-6-23(19)28-25(21)31/h1-2,5-6,8-12,14-17H,3-4,7,13H2,(H,30,33);1-2,6-7,9-12,16-17H,3-5,8,13-15H2,(H,29,32);3-9,12-16H,10-11H2,1-2H3,(H,29,32);2-3,5-10,15-16H,4,11-14H2,1H3,(H,28,31)/b22-16+;22-17+;22-14+;21-16+. The van der Waals surface area contributed by atoms with E-state index in [1.54, 1.807) is 109 Å². The van der Waals surface area contributed by atoms with Crippen molar-refractivity contribution in [3.05, 3.63) is 346 Å². The molecule has 0 bridgehead atoms. The fourth-order valence-corrected chi connectivity index (χ4v) is 16.9. The zero-order chi connectivity index (χ0) is 92.2. The second-order valence-electron chi connectivity index (χ2n) is 33.3. The van der Waals surface area contributed by atoms with Gasteiger partial charge in [-0.15, -0.1) is 0 Å². The number of fused-ring (bicyclic) bond motifs is 4. The van der Waals surface area contributed by atoms with Gasteiger partial charge in [0.25, 0.3) is 29.5 Å². The summed E-state index contributed by atoms with van der Waals surface area (Å²) in [6.45, 7) is 8.71. The van der Waals surface area contributed by atoms with Crippen molar-refractivity contribution < 1.29 is 69.2 Å². The summed E-state index contributed by atoms with van der Waals surface area (Å²) in [5.41, 5.74) is 13.8. The number of carbonyl (C=O) groups excluding carboxylic acids is 8. The van der Waals surface area contributed by atoms with E-state index in [-0.39, 0.29) is 70.0 Å². The van der Waals surface area contributed by atoms with Crippen LogP contribution in [0.4, 0.5) is 35.9 Å². The molecule has 0 aliphatic carbocycles. The lowest BCUT2D eigenvalue weighted by Gasteiger charge is -2.21. The maximum absolute atomic E-state index is 14.9. The Kier molecular flexibility index (Phi) is 27.2. The number of nitrogens with one attached hydrogen (secondary N) is 4. The number of aromatic nitrogens is 4. The number of aryl methyl sites for hydroxylation is 4. The third-order valence-electron chi connectivity index (χ3n) is 24.1. The summed E-state index contributed by atoms with van der Waals surface area (Å²) < 4.78 is 71.9. The molecule has 5 amide bonds. The molecule has 14 aromatic rings. The molecule has 6 aliphatic heterocycles. The first-order chi connectivity index (χ1) is 64.6. The molecule has 6 aromatic heterocycles. The van der Waals surface area contributed by atoms with Gasteiger partial charge in [-0.3, -0.25) is 38.4 Å². The predicted molar refractivity (Wildman–Crippen MR) is 506 cm³/mol. The van der Waals surface area contributed by atoms with Crippen LogP contribution in [0, 0.1) is 24.4 Å². The number of Topliss-reactive ketones (excluding diaryl/α,β-unsaturated/α-hetero) is 3. The molecule has 0 unspecified atom stereocenters. The third-order valence-corrected chi connectivity index (χ3v) is 24.1. The number of ketones is 3. The van der Waals surface area contributed by atoms with Crippen LogP contribution in [-0.2, 0) is 39.2 Å². The number of amides is 5. The van der Waals surface area contributed by atoms with Crippen LogP contribution in [0.25, 0.3) is 91.9 Å². The van der Waals surface area contributed by atoms with Crippen LogP contribution in [0.1, 0.15) is 156 Å². The van der Waals surface area contributed by atoms with Gasteiger partial charge in [0.15, 0.2) is 17.3 Å². The molecule has 0 saturated carbocycles. The third kappa shape index (κ3) is 21.0. The van der Waals surface area contributed by atoms with Crippen LogP contribution < -0.4 is 21.3 Å². The summed E-state index contributed by atoms with van der Waals surface area (Å²) in [4.78, 5) is 114. The minimum atomic E-state index is -0.574. The second kappa shape index (κ2) is 40.6. The highest BCUT2D eigenvalue weighted by molar-refractivity contribution is 6.37. The first kappa shape index (κ1) is 89.3. The van der Waals surface area contributed by atoms with Crippen LogP contribution >= 0.6 is 0 Å². The van der Waals surface area contributed by atoms with Crippen molar-refractivity contribution in [3.8, 4) is 45.3 Å². The predicted octanol–water partition coefficient (Wildman–Crippen LogP) is 21.1. The average Bonchev–Trinajstić information content (AvgIpc) is 1.78. The molecule has 0 radical (unpaired) electrons. The van der Waals surface area contributed by atoms with Crippen LogP contribution in [-0.4, -0.2) is 134 Å². The van der Waals surface area contributed by atoms with Gasteiger partial charge >= 0.3 is 0 Å². The Labute approximate surface area is 765 Å². The Bertz CT molecular complexity index is 6930. The number of nitrogens with zero attached hydrogens (tertiary/aromatic N) is 7. The Balaban J connectivity index is 0.000000124. The van der Waals surface area contributed by atoms with Gasteiger partial charge in [0.1, 0.15) is 63.5 Å². The Morgan fingerprint density at radius 1 is 0.414 bits per heavy atom. The maximum Gasteiger partial charge on any atom is 0.256 e. The Morgan fingerprint density at radius 3 is 1.36 bits per heavy atom. The summed E-state index contributed by atoms with van der Waals surface area (Å²) in [5.74, 6) is 1.13. The molecule has 6 aliphatic rings. The highest BCUT2D eigenvalue weighted by Gasteiger charge is 2.31. The highest BCUT2D eigenvalue weighted by Crippen LogP contribution is 2.41. The van der Waals surface area contributed by atoms with E-state index in [0.29, 0.717) is 129 Å². The molecule has 20 rings (SSSR count). The number of carbonyl (C=O) groups is 8. The molecule has 12 heterocycles. The number of imidazole rings is 2. The molecule has 8 aromatic carbocycles. The number of anilines is 4. The molecule has 0 atom stereocenters. The molecular formula is C107H94F3N11O12. The number of halogens is 3. The lowest BCUT2D eigenvalue weighted by molar-refractivity contribution is -0.111. The summed E-state index contributed by atoms with van der Waals surface area (Å²) >= 11 is 0. The fourth-order valence-electron chi connectivity index (χ4n) is 16.9. The van der Waals surface area contributed by atoms with Crippen LogP contribution in [0.2, 0.25) is 0 Å². The molecule has 2 fully saturated rings. The van der Waals surface area contributed by atoms with Crippen LogP contribution in [0.3, 0.4) is 0 Å². The molecule has 2 saturated heterocycles. The lowest BCUT2D eigenvalue weighted by Crippen LogP contribution is -2.35. The maximum atomic E-state index is 14.9. The molecule has 0 spiro atoms.